The second kappa shape index (κ2) is 7.53. The first-order valence-electron chi connectivity index (χ1n) is 8.66. The number of aliphatic hydroxyl groups is 1. The van der Waals surface area contributed by atoms with Crippen molar-refractivity contribution in [2.75, 3.05) is 12.3 Å². The maximum atomic E-state index is 12.5. The molecule has 0 unspecified atom stereocenters. The number of nitrogens with zero attached hydrogens (tertiary/aromatic N) is 6. The van der Waals surface area contributed by atoms with Crippen molar-refractivity contribution >= 4 is 17.7 Å². The highest BCUT2D eigenvalue weighted by Gasteiger charge is 2.24. The van der Waals surface area contributed by atoms with Crippen LogP contribution in [0.4, 0.5) is 0 Å². The van der Waals surface area contributed by atoms with Gasteiger partial charge in [0.15, 0.2) is 5.16 Å². The highest BCUT2D eigenvalue weighted by Crippen LogP contribution is 2.24. The van der Waals surface area contributed by atoms with Gasteiger partial charge in [-0.1, -0.05) is 42.1 Å². The number of amides is 1. The van der Waals surface area contributed by atoms with Gasteiger partial charge in [0.2, 0.25) is 5.91 Å². The van der Waals surface area contributed by atoms with E-state index in [1.165, 1.54) is 11.8 Å². The molecule has 0 fully saturated rings. The molecule has 1 N–H and O–H groups in total. The molecule has 1 aliphatic heterocycles. The van der Waals surface area contributed by atoms with Crippen LogP contribution in [0.5, 0.6) is 0 Å². The quantitative estimate of drug-likeness (QED) is 0.666. The third kappa shape index (κ3) is 3.74. The zero-order chi connectivity index (χ0) is 18.8. The molecule has 3 heterocycles. The number of carbonyl (C=O) groups excluding carboxylic acids is 1. The topological polar surface area (TPSA) is 89.1 Å². The van der Waals surface area contributed by atoms with Gasteiger partial charge in [-0.25, -0.2) is 0 Å². The lowest BCUT2D eigenvalue weighted by Crippen LogP contribution is -2.39. The highest BCUT2D eigenvalue weighted by atomic mass is 32.2. The summed E-state index contributed by atoms with van der Waals surface area (Å²) in [5, 5.41) is 23.6. The van der Waals surface area contributed by atoms with Gasteiger partial charge in [-0.15, -0.1) is 10.2 Å². The number of aromatic nitrogens is 5. The molecule has 0 saturated heterocycles. The minimum atomic E-state index is -0.764. The van der Waals surface area contributed by atoms with E-state index in [0.717, 1.165) is 16.4 Å². The molecule has 1 aliphatic rings. The van der Waals surface area contributed by atoms with Crippen molar-refractivity contribution in [3.63, 3.8) is 0 Å². The lowest BCUT2D eigenvalue weighted by Gasteiger charge is -2.27. The Labute approximate surface area is 160 Å². The van der Waals surface area contributed by atoms with Crippen molar-refractivity contribution in [3.05, 3.63) is 59.7 Å². The fourth-order valence-electron chi connectivity index (χ4n) is 3.06. The van der Waals surface area contributed by atoms with E-state index in [2.05, 4.69) is 15.3 Å². The van der Waals surface area contributed by atoms with Crippen molar-refractivity contribution < 1.29 is 9.90 Å². The van der Waals surface area contributed by atoms with E-state index in [1.54, 1.807) is 10.9 Å². The minimum Gasteiger partial charge on any atom is -0.382 e. The summed E-state index contributed by atoms with van der Waals surface area (Å²) < 4.78 is 3.67. The Morgan fingerprint density at radius 2 is 2.11 bits per heavy atom. The Morgan fingerprint density at radius 1 is 1.30 bits per heavy atom. The van der Waals surface area contributed by atoms with Crippen LogP contribution >= 0.6 is 11.8 Å². The Morgan fingerprint density at radius 3 is 2.85 bits per heavy atom. The molecular formula is C18H20N6O2S. The Hall–Kier alpha value is -2.65. The van der Waals surface area contributed by atoms with Gasteiger partial charge in [0, 0.05) is 13.6 Å². The van der Waals surface area contributed by atoms with E-state index in [4.69, 9.17) is 0 Å². The van der Waals surface area contributed by atoms with Crippen molar-refractivity contribution in [1.82, 2.24) is 29.4 Å². The van der Waals surface area contributed by atoms with Crippen LogP contribution in [0.2, 0.25) is 0 Å². The number of hydrogen-bond donors (Lipinski definition) is 1. The van der Waals surface area contributed by atoms with Crippen LogP contribution in [0.15, 0.2) is 47.9 Å². The molecule has 0 radical (unpaired) electrons. The number of aliphatic hydroxyl groups excluding tert-OH is 1. The largest absolute Gasteiger partial charge is 0.382 e. The average Bonchev–Trinajstić information content (AvgIpc) is 3.31. The molecule has 0 bridgehead atoms. The molecule has 4 rings (SSSR count). The van der Waals surface area contributed by atoms with E-state index in [1.807, 2.05) is 53.0 Å². The lowest BCUT2D eigenvalue weighted by atomic mass is 10.1. The predicted octanol–water partition coefficient (Wildman–Crippen LogP) is 1.23. The molecule has 2 aromatic heterocycles. The van der Waals surface area contributed by atoms with E-state index >= 15 is 0 Å². The third-order valence-corrected chi connectivity index (χ3v) is 5.58. The van der Waals surface area contributed by atoms with Crippen molar-refractivity contribution in [2.45, 2.75) is 24.3 Å². The molecule has 0 spiro atoms. The normalized spacial score (nSPS) is 14.8. The maximum absolute atomic E-state index is 12.5. The van der Waals surface area contributed by atoms with E-state index < -0.39 is 6.10 Å². The number of aryl methyl sites for hydroxylation is 1. The molecule has 8 nitrogen and oxygen atoms in total. The van der Waals surface area contributed by atoms with Gasteiger partial charge in [0.25, 0.3) is 0 Å². The summed E-state index contributed by atoms with van der Waals surface area (Å²) in [4.78, 5) is 14.4. The fourth-order valence-corrected chi connectivity index (χ4v) is 3.85. The monoisotopic (exact) mass is 384 g/mol. The van der Waals surface area contributed by atoms with Gasteiger partial charge >= 0.3 is 0 Å². The summed E-state index contributed by atoms with van der Waals surface area (Å²) in [6, 6.07) is 11.3. The van der Waals surface area contributed by atoms with Crippen molar-refractivity contribution in [1.29, 1.82) is 0 Å². The summed E-state index contributed by atoms with van der Waals surface area (Å²) in [6.07, 6.45) is 0.853. The van der Waals surface area contributed by atoms with E-state index in [9.17, 15) is 9.90 Å². The van der Waals surface area contributed by atoms with Gasteiger partial charge in [0.1, 0.15) is 12.4 Å². The van der Waals surface area contributed by atoms with Gasteiger partial charge in [-0.05, 0) is 11.6 Å². The Kier molecular flexibility index (Phi) is 4.95. The lowest BCUT2D eigenvalue weighted by molar-refractivity contribution is -0.129. The highest BCUT2D eigenvalue weighted by molar-refractivity contribution is 7.99. The van der Waals surface area contributed by atoms with Gasteiger partial charge < -0.3 is 14.6 Å². The molecule has 0 aliphatic carbocycles. The van der Waals surface area contributed by atoms with Crippen LogP contribution in [0.1, 0.15) is 23.1 Å². The summed E-state index contributed by atoms with van der Waals surface area (Å²) in [7, 11) is 1.85. The number of benzene rings is 1. The SMILES string of the molecule is Cn1cnnc1SCC(=O)N1CCn2nc([C@@H](O)c3ccccc3)cc2C1. The third-order valence-electron chi connectivity index (χ3n) is 4.56. The van der Waals surface area contributed by atoms with Crippen LogP contribution < -0.4 is 0 Å². The van der Waals surface area contributed by atoms with E-state index in [-0.39, 0.29) is 5.91 Å². The van der Waals surface area contributed by atoms with Gasteiger partial charge in [-0.2, -0.15) is 5.10 Å². The number of rotatable bonds is 5. The first-order valence-corrected chi connectivity index (χ1v) is 9.64. The Bertz CT molecular complexity index is 938. The summed E-state index contributed by atoms with van der Waals surface area (Å²) in [5.74, 6) is 0.376. The molecule has 3 aromatic rings. The zero-order valence-corrected chi connectivity index (χ0v) is 15.7. The summed E-state index contributed by atoms with van der Waals surface area (Å²) in [5.41, 5.74) is 2.35. The average molecular weight is 384 g/mol. The van der Waals surface area contributed by atoms with Crippen LogP contribution in [0.3, 0.4) is 0 Å². The predicted molar refractivity (Wildman–Crippen MR) is 99.9 cm³/mol. The number of thioether (sulfide) groups is 1. The fraction of sp³-hybridized carbons (Fsp3) is 0.333. The first-order chi connectivity index (χ1) is 13.1. The molecule has 0 saturated carbocycles. The zero-order valence-electron chi connectivity index (χ0n) is 14.9. The Balaban J connectivity index is 1.42. The standard InChI is InChI=1S/C18H20N6O2S/c1-22-12-19-20-18(22)27-11-16(25)23-7-8-24-14(10-23)9-15(21-24)17(26)13-5-3-2-4-6-13/h2-6,9,12,17,26H,7-8,10-11H2,1H3/t17-/m0/s1. The number of carbonyl (C=O) groups is 1. The molecule has 1 aromatic carbocycles. The molecule has 9 heteroatoms. The van der Waals surface area contributed by atoms with Gasteiger partial charge in [-0.3, -0.25) is 9.48 Å². The number of fused-ring (bicyclic) bond motifs is 1. The second-order valence-electron chi connectivity index (χ2n) is 6.43. The minimum absolute atomic E-state index is 0.0561. The van der Waals surface area contributed by atoms with Crippen LogP contribution in [-0.2, 0) is 24.9 Å². The summed E-state index contributed by atoms with van der Waals surface area (Å²) in [6.45, 7) is 1.72. The molecule has 1 amide bonds. The molecule has 1 atom stereocenters. The van der Waals surface area contributed by atoms with Gasteiger partial charge in [0.05, 0.1) is 30.2 Å². The smallest absolute Gasteiger partial charge is 0.233 e. The van der Waals surface area contributed by atoms with Crippen molar-refractivity contribution in [2.24, 2.45) is 7.05 Å². The molecule has 27 heavy (non-hydrogen) atoms. The van der Waals surface area contributed by atoms with Crippen molar-refractivity contribution in [3.8, 4) is 0 Å². The molecule has 140 valence electrons. The molecular weight excluding hydrogens is 364 g/mol. The first kappa shape index (κ1) is 17.7. The van der Waals surface area contributed by atoms with Crippen LogP contribution in [0, 0.1) is 0 Å². The summed E-state index contributed by atoms with van der Waals surface area (Å²) >= 11 is 1.38. The van der Waals surface area contributed by atoms with Crippen LogP contribution in [0.25, 0.3) is 0 Å². The maximum Gasteiger partial charge on any atom is 0.233 e. The van der Waals surface area contributed by atoms with Crippen LogP contribution in [-0.4, -0.2) is 52.8 Å². The second-order valence-corrected chi connectivity index (χ2v) is 7.37. The number of hydrogen-bond acceptors (Lipinski definition) is 6. The van der Waals surface area contributed by atoms with E-state index in [0.29, 0.717) is 31.1 Å².